The summed E-state index contributed by atoms with van der Waals surface area (Å²) in [5, 5.41) is 3.54. The van der Waals surface area contributed by atoms with E-state index in [1.54, 1.807) is 0 Å². The molecule has 0 saturated carbocycles. The molecule has 0 aliphatic heterocycles. The molecule has 2 rings (SSSR count). The van der Waals surface area contributed by atoms with E-state index in [1.165, 1.54) is 30.2 Å². The summed E-state index contributed by atoms with van der Waals surface area (Å²) in [4.78, 5) is 0. The number of nitrogens with one attached hydrogen (secondary N) is 1. The molecular weight excluding hydrogens is 294 g/mol. The number of hydrogen-bond acceptors (Lipinski definition) is 3. The van der Waals surface area contributed by atoms with Crippen LogP contribution in [0.2, 0.25) is 0 Å². The van der Waals surface area contributed by atoms with Gasteiger partial charge in [-0.25, -0.2) is 8.42 Å². The monoisotopic (exact) mass is 321 g/mol. The number of allylic oxidation sites excluding steroid dienone is 1. The van der Waals surface area contributed by atoms with Crippen molar-refractivity contribution < 1.29 is 8.42 Å². The van der Waals surface area contributed by atoms with Crippen molar-refractivity contribution in [2.75, 3.05) is 12.8 Å². The van der Waals surface area contributed by atoms with E-state index in [0.717, 1.165) is 24.6 Å². The summed E-state index contributed by atoms with van der Waals surface area (Å²) in [5.41, 5.74) is 3.56. The number of hydrogen-bond donors (Lipinski definition) is 1. The smallest absolute Gasteiger partial charge is 0.151 e. The van der Waals surface area contributed by atoms with Crippen molar-refractivity contribution in [2.24, 2.45) is 11.8 Å². The SMILES string of the molecule is CC1=CCC[C@H](C)[C@@H]1CNCc1ccc(CS(C)(=O)=O)cc1. The Morgan fingerprint density at radius 2 is 1.82 bits per heavy atom. The van der Waals surface area contributed by atoms with Crippen LogP contribution in [-0.2, 0) is 22.1 Å². The van der Waals surface area contributed by atoms with E-state index < -0.39 is 9.84 Å². The van der Waals surface area contributed by atoms with Gasteiger partial charge in [-0.2, -0.15) is 0 Å². The van der Waals surface area contributed by atoms with Crippen molar-refractivity contribution in [3.8, 4) is 0 Å². The van der Waals surface area contributed by atoms with Crippen LogP contribution in [0, 0.1) is 11.8 Å². The molecule has 1 aliphatic carbocycles. The first-order valence-corrected chi connectivity index (χ1v) is 10.0. The zero-order chi connectivity index (χ0) is 16.2. The Morgan fingerprint density at radius 1 is 1.18 bits per heavy atom. The minimum atomic E-state index is -2.96. The summed E-state index contributed by atoms with van der Waals surface area (Å²) in [6, 6.07) is 7.85. The zero-order valence-corrected chi connectivity index (χ0v) is 14.6. The summed E-state index contributed by atoms with van der Waals surface area (Å²) in [7, 11) is -2.96. The molecule has 2 atom stereocenters. The lowest BCUT2D eigenvalue weighted by molar-refractivity contribution is 0.350. The Kier molecular flexibility index (Phi) is 5.81. The van der Waals surface area contributed by atoms with Gasteiger partial charge in [-0.05, 0) is 42.7 Å². The molecule has 0 aromatic heterocycles. The highest BCUT2D eigenvalue weighted by Gasteiger charge is 2.21. The highest BCUT2D eigenvalue weighted by Crippen LogP contribution is 2.29. The summed E-state index contributed by atoms with van der Waals surface area (Å²) in [6.45, 7) is 6.41. The highest BCUT2D eigenvalue weighted by molar-refractivity contribution is 7.89. The second kappa shape index (κ2) is 7.42. The predicted octanol–water partition coefficient (Wildman–Crippen LogP) is 3.31. The lowest BCUT2D eigenvalue weighted by atomic mass is 9.80. The van der Waals surface area contributed by atoms with Crippen LogP contribution < -0.4 is 5.32 Å². The van der Waals surface area contributed by atoms with Gasteiger partial charge < -0.3 is 5.32 Å². The second-order valence-corrected chi connectivity index (χ2v) is 8.77. The van der Waals surface area contributed by atoms with Gasteiger partial charge in [0.1, 0.15) is 0 Å². The molecule has 122 valence electrons. The van der Waals surface area contributed by atoms with E-state index >= 15 is 0 Å². The molecular formula is C18H27NO2S. The molecule has 0 bridgehead atoms. The lowest BCUT2D eigenvalue weighted by Crippen LogP contribution is -2.29. The first-order chi connectivity index (χ1) is 10.3. The predicted molar refractivity (Wildman–Crippen MR) is 92.3 cm³/mol. The summed E-state index contributed by atoms with van der Waals surface area (Å²) >= 11 is 0. The minimum absolute atomic E-state index is 0.115. The van der Waals surface area contributed by atoms with Crippen molar-refractivity contribution in [3.05, 3.63) is 47.0 Å². The van der Waals surface area contributed by atoms with Crippen LogP contribution in [0.3, 0.4) is 0 Å². The molecule has 0 radical (unpaired) electrons. The Morgan fingerprint density at radius 3 is 2.41 bits per heavy atom. The third kappa shape index (κ3) is 5.25. The van der Waals surface area contributed by atoms with E-state index in [2.05, 4.69) is 25.2 Å². The zero-order valence-electron chi connectivity index (χ0n) is 13.8. The molecule has 1 aromatic carbocycles. The van der Waals surface area contributed by atoms with Gasteiger partial charge >= 0.3 is 0 Å². The molecule has 0 amide bonds. The maximum Gasteiger partial charge on any atom is 0.151 e. The van der Waals surface area contributed by atoms with Crippen molar-refractivity contribution in [1.82, 2.24) is 5.32 Å². The van der Waals surface area contributed by atoms with Gasteiger partial charge in [-0.15, -0.1) is 0 Å². The first-order valence-electron chi connectivity index (χ1n) is 7.98. The van der Waals surface area contributed by atoms with Gasteiger partial charge in [-0.1, -0.05) is 42.8 Å². The van der Waals surface area contributed by atoms with Crippen LogP contribution in [0.1, 0.15) is 37.8 Å². The molecule has 3 nitrogen and oxygen atoms in total. The maximum atomic E-state index is 11.3. The van der Waals surface area contributed by atoms with Crippen LogP contribution in [0.5, 0.6) is 0 Å². The molecule has 1 N–H and O–H groups in total. The average molecular weight is 321 g/mol. The van der Waals surface area contributed by atoms with Crippen molar-refractivity contribution in [2.45, 2.75) is 39.0 Å². The Hall–Kier alpha value is -1.13. The van der Waals surface area contributed by atoms with Gasteiger partial charge in [0.05, 0.1) is 5.75 Å². The van der Waals surface area contributed by atoms with Crippen molar-refractivity contribution in [3.63, 3.8) is 0 Å². The van der Waals surface area contributed by atoms with Crippen molar-refractivity contribution >= 4 is 9.84 Å². The van der Waals surface area contributed by atoms with E-state index in [-0.39, 0.29) is 5.75 Å². The third-order valence-corrected chi connectivity index (χ3v) is 5.36. The van der Waals surface area contributed by atoms with Gasteiger partial charge in [0.15, 0.2) is 9.84 Å². The van der Waals surface area contributed by atoms with E-state index in [4.69, 9.17) is 0 Å². The minimum Gasteiger partial charge on any atom is -0.312 e. The summed E-state index contributed by atoms with van der Waals surface area (Å²) < 4.78 is 22.6. The Bertz CT molecular complexity index is 617. The standard InChI is InChI=1S/C18H27NO2S/c1-14-5-4-6-15(2)18(14)12-19-11-16-7-9-17(10-8-16)13-22(3,20)21/h5,7-10,15,18-19H,4,6,11-13H2,1-3H3/t15-,18+/m0/s1. The highest BCUT2D eigenvalue weighted by atomic mass is 32.2. The van der Waals surface area contributed by atoms with Crippen LogP contribution >= 0.6 is 0 Å². The normalized spacial score (nSPS) is 22.4. The lowest BCUT2D eigenvalue weighted by Gasteiger charge is -2.29. The van der Waals surface area contributed by atoms with Gasteiger partial charge in [0.2, 0.25) is 0 Å². The molecule has 1 aromatic rings. The largest absolute Gasteiger partial charge is 0.312 e. The van der Waals surface area contributed by atoms with Gasteiger partial charge in [0, 0.05) is 19.3 Å². The van der Waals surface area contributed by atoms with Gasteiger partial charge in [-0.3, -0.25) is 0 Å². The molecule has 4 heteroatoms. The average Bonchev–Trinajstić information content (AvgIpc) is 2.42. The summed E-state index contributed by atoms with van der Waals surface area (Å²) in [6.07, 6.45) is 6.13. The molecule has 0 saturated heterocycles. The quantitative estimate of drug-likeness (QED) is 0.818. The van der Waals surface area contributed by atoms with Crippen molar-refractivity contribution in [1.29, 1.82) is 0 Å². The van der Waals surface area contributed by atoms with E-state index in [1.807, 2.05) is 24.3 Å². The van der Waals surface area contributed by atoms with Gasteiger partial charge in [0.25, 0.3) is 0 Å². The third-order valence-electron chi connectivity index (χ3n) is 4.51. The van der Waals surface area contributed by atoms with Crippen LogP contribution in [-0.4, -0.2) is 21.2 Å². The molecule has 0 heterocycles. The first kappa shape index (κ1) is 17.2. The topological polar surface area (TPSA) is 46.2 Å². The number of rotatable bonds is 6. The van der Waals surface area contributed by atoms with Crippen LogP contribution in [0.15, 0.2) is 35.9 Å². The molecule has 1 aliphatic rings. The fraction of sp³-hybridized carbons (Fsp3) is 0.556. The fourth-order valence-electron chi connectivity index (χ4n) is 3.17. The van der Waals surface area contributed by atoms with Crippen LogP contribution in [0.25, 0.3) is 0 Å². The maximum absolute atomic E-state index is 11.3. The summed E-state index contributed by atoms with van der Waals surface area (Å²) in [5.74, 6) is 1.50. The molecule has 0 spiro atoms. The number of sulfone groups is 1. The van der Waals surface area contributed by atoms with E-state index in [9.17, 15) is 8.42 Å². The second-order valence-electron chi connectivity index (χ2n) is 6.63. The fourth-order valence-corrected chi connectivity index (χ4v) is 3.96. The Labute approximate surface area is 134 Å². The molecule has 0 fully saturated rings. The molecule has 22 heavy (non-hydrogen) atoms. The molecule has 0 unspecified atom stereocenters. The Balaban J connectivity index is 1.84. The number of benzene rings is 1. The van der Waals surface area contributed by atoms with Crippen LogP contribution in [0.4, 0.5) is 0 Å². The van der Waals surface area contributed by atoms with E-state index in [0.29, 0.717) is 5.92 Å².